The summed E-state index contributed by atoms with van der Waals surface area (Å²) in [5.41, 5.74) is 0.849. The summed E-state index contributed by atoms with van der Waals surface area (Å²) in [6.07, 6.45) is 0. The third kappa shape index (κ3) is 1.61. The Bertz CT molecular complexity index is 237. The van der Waals surface area contributed by atoms with Crippen molar-refractivity contribution in [1.82, 2.24) is 0 Å². The molecule has 0 saturated heterocycles. The number of benzene rings is 1. The Hall–Kier alpha value is 0.170. The van der Waals surface area contributed by atoms with Crippen LogP contribution in [0.1, 0.15) is 5.56 Å². The van der Waals surface area contributed by atoms with Crippen molar-refractivity contribution >= 4 is 34.2 Å². The SMILES string of the molecule is Fc1cccc(CCl)c1I. The first-order valence-corrected chi connectivity index (χ1v) is 4.36. The van der Waals surface area contributed by atoms with Crippen LogP contribution in [0.4, 0.5) is 4.39 Å². The monoisotopic (exact) mass is 270 g/mol. The molecule has 0 atom stereocenters. The van der Waals surface area contributed by atoms with Crippen molar-refractivity contribution in [2.75, 3.05) is 0 Å². The van der Waals surface area contributed by atoms with Gasteiger partial charge in [-0.1, -0.05) is 12.1 Å². The highest BCUT2D eigenvalue weighted by molar-refractivity contribution is 14.1. The molecule has 0 aliphatic rings. The average molecular weight is 270 g/mol. The van der Waals surface area contributed by atoms with Gasteiger partial charge in [0.25, 0.3) is 0 Å². The van der Waals surface area contributed by atoms with Crippen molar-refractivity contribution in [2.24, 2.45) is 0 Å². The molecule has 1 aromatic rings. The van der Waals surface area contributed by atoms with Crippen molar-refractivity contribution in [2.45, 2.75) is 5.88 Å². The second-order valence-corrected chi connectivity index (χ2v) is 3.19. The Balaban J connectivity index is 3.14. The molecular formula is C7H5ClFI. The molecular weight excluding hydrogens is 265 g/mol. The highest BCUT2D eigenvalue weighted by atomic mass is 127. The van der Waals surface area contributed by atoms with Crippen LogP contribution in [-0.4, -0.2) is 0 Å². The van der Waals surface area contributed by atoms with Gasteiger partial charge in [0.15, 0.2) is 0 Å². The van der Waals surface area contributed by atoms with E-state index in [1.54, 1.807) is 6.07 Å². The molecule has 0 fully saturated rings. The fourth-order valence-electron chi connectivity index (χ4n) is 0.652. The minimum atomic E-state index is -0.196. The molecule has 0 aliphatic heterocycles. The summed E-state index contributed by atoms with van der Waals surface area (Å²) >= 11 is 7.48. The van der Waals surface area contributed by atoms with Gasteiger partial charge in [0.05, 0.1) is 3.57 Å². The van der Waals surface area contributed by atoms with Crippen molar-refractivity contribution < 1.29 is 4.39 Å². The molecule has 0 radical (unpaired) electrons. The van der Waals surface area contributed by atoms with Crippen LogP contribution >= 0.6 is 34.2 Å². The Morgan fingerprint density at radius 2 is 2.20 bits per heavy atom. The zero-order chi connectivity index (χ0) is 7.56. The lowest BCUT2D eigenvalue weighted by atomic mass is 10.2. The summed E-state index contributed by atoms with van der Waals surface area (Å²) in [5.74, 6) is 0.175. The minimum absolute atomic E-state index is 0.196. The fraction of sp³-hybridized carbons (Fsp3) is 0.143. The number of hydrogen-bond donors (Lipinski definition) is 0. The molecule has 54 valence electrons. The molecule has 3 heteroatoms. The molecule has 0 N–H and O–H groups in total. The van der Waals surface area contributed by atoms with Crippen LogP contribution in [0.3, 0.4) is 0 Å². The van der Waals surface area contributed by atoms with Crippen molar-refractivity contribution in [3.05, 3.63) is 33.1 Å². The third-order valence-electron chi connectivity index (χ3n) is 1.18. The van der Waals surface area contributed by atoms with Gasteiger partial charge in [-0.2, -0.15) is 0 Å². The van der Waals surface area contributed by atoms with E-state index in [9.17, 15) is 4.39 Å². The summed E-state index contributed by atoms with van der Waals surface area (Å²) in [5, 5.41) is 0. The number of rotatable bonds is 1. The highest BCUT2D eigenvalue weighted by Crippen LogP contribution is 2.17. The molecule has 1 rings (SSSR count). The van der Waals surface area contributed by atoms with E-state index in [0.717, 1.165) is 5.56 Å². The van der Waals surface area contributed by atoms with Gasteiger partial charge >= 0.3 is 0 Å². The summed E-state index contributed by atoms with van der Waals surface area (Å²) < 4.78 is 13.3. The standard InChI is InChI=1S/C7H5ClFI/c8-4-5-2-1-3-6(9)7(5)10/h1-3H,4H2. The number of hydrogen-bond acceptors (Lipinski definition) is 0. The van der Waals surface area contributed by atoms with Crippen molar-refractivity contribution in [1.29, 1.82) is 0 Å². The van der Waals surface area contributed by atoms with E-state index in [-0.39, 0.29) is 5.82 Å². The quantitative estimate of drug-likeness (QED) is 0.543. The first kappa shape index (κ1) is 8.27. The van der Waals surface area contributed by atoms with Gasteiger partial charge < -0.3 is 0 Å². The maximum Gasteiger partial charge on any atom is 0.136 e. The predicted octanol–water partition coefficient (Wildman–Crippen LogP) is 3.17. The second kappa shape index (κ2) is 3.53. The lowest BCUT2D eigenvalue weighted by Crippen LogP contribution is -1.87. The number of halogens is 3. The van der Waals surface area contributed by atoms with Crippen molar-refractivity contribution in [3.8, 4) is 0 Å². The Morgan fingerprint density at radius 1 is 1.50 bits per heavy atom. The fourth-order valence-corrected chi connectivity index (χ4v) is 1.65. The summed E-state index contributed by atoms with van der Waals surface area (Å²) in [4.78, 5) is 0. The van der Waals surface area contributed by atoms with Crippen molar-refractivity contribution in [3.63, 3.8) is 0 Å². The molecule has 0 amide bonds. The van der Waals surface area contributed by atoms with Gasteiger partial charge in [0.1, 0.15) is 5.82 Å². The predicted molar refractivity (Wildman–Crippen MR) is 48.7 cm³/mol. The van der Waals surface area contributed by atoms with Gasteiger partial charge in [-0.15, -0.1) is 11.6 Å². The average Bonchev–Trinajstić information content (AvgIpc) is 1.95. The number of alkyl halides is 1. The van der Waals surface area contributed by atoms with Crippen LogP contribution in [0.25, 0.3) is 0 Å². The molecule has 0 nitrogen and oxygen atoms in total. The summed E-state index contributed by atoms with van der Waals surface area (Å²) in [7, 11) is 0. The van der Waals surface area contributed by atoms with E-state index >= 15 is 0 Å². The molecule has 1 aromatic carbocycles. The normalized spacial score (nSPS) is 9.90. The van der Waals surface area contributed by atoms with Gasteiger partial charge in [0.2, 0.25) is 0 Å². The van der Waals surface area contributed by atoms with E-state index in [4.69, 9.17) is 11.6 Å². The molecule has 0 bridgehead atoms. The molecule has 0 aliphatic carbocycles. The van der Waals surface area contributed by atoms with Crippen LogP contribution in [-0.2, 0) is 5.88 Å². The molecule has 0 heterocycles. The summed E-state index contributed by atoms with van der Waals surface area (Å²) in [6.45, 7) is 0. The topological polar surface area (TPSA) is 0 Å². The van der Waals surface area contributed by atoms with Gasteiger partial charge in [-0.3, -0.25) is 0 Å². The zero-order valence-corrected chi connectivity index (χ0v) is 7.99. The second-order valence-electron chi connectivity index (χ2n) is 1.85. The Morgan fingerprint density at radius 3 is 2.70 bits per heavy atom. The molecule has 0 aromatic heterocycles. The van der Waals surface area contributed by atoms with Crippen LogP contribution in [0.15, 0.2) is 18.2 Å². The van der Waals surface area contributed by atoms with E-state index < -0.39 is 0 Å². The molecule has 0 saturated carbocycles. The highest BCUT2D eigenvalue weighted by Gasteiger charge is 2.01. The largest absolute Gasteiger partial charge is 0.206 e. The first-order valence-electron chi connectivity index (χ1n) is 2.74. The zero-order valence-electron chi connectivity index (χ0n) is 5.07. The third-order valence-corrected chi connectivity index (χ3v) is 2.67. The van der Waals surface area contributed by atoms with E-state index in [0.29, 0.717) is 9.45 Å². The lowest BCUT2D eigenvalue weighted by molar-refractivity contribution is 0.618. The van der Waals surface area contributed by atoms with Gasteiger partial charge in [-0.05, 0) is 34.2 Å². The minimum Gasteiger partial charge on any atom is -0.206 e. The summed E-state index contributed by atoms with van der Waals surface area (Å²) in [6, 6.07) is 4.91. The Kier molecular flexibility index (Phi) is 2.92. The first-order chi connectivity index (χ1) is 4.75. The van der Waals surface area contributed by atoms with Gasteiger partial charge in [-0.25, -0.2) is 4.39 Å². The lowest BCUT2D eigenvalue weighted by Gasteiger charge is -1.98. The van der Waals surface area contributed by atoms with E-state index in [2.05, 4.69) is 0 Å². The van der Waals surface area contributed by atoms with E-state index in [1.165, 1.54) is 6.07 Å². The molecule has 10 heavy (non-hydrogen) atoms. The smallest absolute Gasteiger partial charge is 0.136 e. The van der Waals surface area contributed by atoms with Crippen LogP contribution in [0.2, 0.25) is 0 Å². The van der Waals surface area contributed by atoms with E-state index in [1.807, 2.05) is 28.7 Å². The molecule has 0 spiro atoms. The van der Waals surface area contributed by atoms with Crippen LogP contribution < -0.4 is 0 Å². The molecule has 0 unspecified atom stereocenters. The van der Waals surface area contributed by atoms with Gasteiger partial charge in [0, 0.05) is 5.88 Å². The maximum absolute atomic E-state index is 12.7. The van der Waals surface area contributed by atoms with Crippen LogP contribution in [0.5, 0.6) is 0 Å². The maximum atomic E-state index is 12.7. The van der Waals surface area contributed by atoms with Crippen LogP contribution in [0, 0.1) is 9.39 Å². The Labute approximate surface area is 77.5 Å².